The van der Waals surface area contributed by atoms with Crippen molar-refractivity contribution < 1.29 is 24.1 Å². The first-order chi connectivity index (χ1) is 14.2. The molecule has 1 aromatic rings. The summed E-state index contributed by atoms with van der Waals surface area (Å²) in [5.74, 6) is 1.91. The fraction of sp³-hybridized carbons (Fsp3) is 0.619. The molecular weight excluding hydrogens is 374 g/mol. The van der Waals surface area contributed by atoms with Crippen molar-refractivity contribution in [2.45, 2.75) is 31.4 Å². The Morgan fingerprint density at radius 2 is 2.00 bits per heavy atom. The van der Waals surface area contributed by atoms with Gasteiger partial charge in [0.25, 0.3) is 0 Å². The molecule has 1 N–H and O–H groups in total. The van der Waals surface area contributed by atoms with Crippen LogP contribution in [0.2, 0.25) is 0 Å². The third-order valence-corrected chi connectivity index (χ3v) is 6.02. The van der Waals surface area contributed by atoms with Crippen molar-refractivity contribution in [3.8, 4) is 17.6 Å². The minimum atomic E-state index is -0.309. The smallest absolute Gasteiger partial charge is 0.410 e. The topological polar surface area (TPSA) is 95.3 Å². The standard InChI is InChI=1S/C21H27N3O5/c22-10-16-1-2-19-20(9-16)29-18(14-27-19)11-23-6-3-15(4-7-23)5-8-24-17(12-25)13-28-21(24)26/h1-2,9,15,17-18,25H,3-8,11-14H2/t17-,18-/m1/s1. The van der Waals surface area contributed by atoms with Gasteiger partial charge in [0.05, 0.1) is 24.3 Å². The maximum absolute atomic E-state index is 11.8. The number of carbonyl (C=O) groups is 1. The minimum absolute atomic E-state index is 0.0438. The van der Waals surface area contributed by atoms with Crippen molar-refractivity contribution in [2.75, 3.05) is 46.0 Å². The van der Waals surface area contributed by atoms with E-state index in [1.807, 2.05) is 0 Å². The number of aliphatic hydroxyl groups excluding tert-OH is 1. The van der Waals surface area contributed by atoms with Crippen molar-refractivity contribution in [2.24, 2.45) is 5.92 Å². The zero-order valence-corrected chi connectivity index (χ0v) is 16.5. The van der Waals surface area contributed by atoms with Gasteiger partial charge in [0.15, 0.2) is 11.5 Å². The van der Waals surface area contributed by atoms with E-state index in [0.29, 0.717) is 36.1 Å². The largest absolute Gasteiger partial charge is 0.486 e. The van der Waals surface area contributed by atoms with Gasteiger partial charge in [0, 0.05) is 19.2 Å². The third-order valence-electron chi connectivity index (χ3n) is 6.02. The van der Waals surface area contributed by atoms with E-state index in [4.69, 9.17) is 19.5 Å². The molecule has 156 valence electrons. The van der Waals surface area contributed by atoms with Crippen molar-refractivity contribution in [1.82, 2.24) is 9.80 Å². The SMILES string of the molecule is N#Cc1ccc2c(c1)O[C@H](CN1CCC(CCN3C(=O)OC[C@H]3CO)CC1)CO2. The molecule has 2 fully saturated rings. The van der Waals surface area contributed by atoms with E-state index in [1.165, 1.54) is 0 Å². The summed E-state index contributed by atoms with van der Waals surface area (Å²) in [5.41, 5.74) is 0.569. The number of benzene rings is 1. The molecule has 1 aromatic carbocycles. The number of hydrogen-bond donors (Lipinski definition) is 1. The number of ether oxygens (including phenoxy) is 3. The molecule has 1 amide bonds. The average Bonchev–Trinajstić information content (AvgIpc) is 3.12. The molecule has 0 saturated carbocycles. The predicted molar refractivity (Wildman–Crippen MR) is 104 cm³/mol. The maximum Gasteiger partial charge on any atom is 0.410 e. The van der Waals surface area contributed by atoms with Gasteiger partial charge in [-0.25, -0.2) is 4.79 Å². The van der Waals surface area contributed by atoms with Crippen molar-refractivity contribution >= 4 is 6.09 Å². The number of carbonyl (C=O) groups excluding carboxylic acids is 1. The van der Waals surface area contributed by atoms with Crippen molar-refractivity contribution in [1.29, 1.82) is 5.26 Å². The van der Waals surface area contributed by atoms with E-state index in [1.54, 1.807) is 23.1 Å². The number of aliphatic hydroxyl groups is 1. The molecule has 29 heavy (non-hydrogen) atoms. The van der Waals surface area contributed by atoms with Gasteiger partial charge in [-0.1, -0.05) is 0 Å². The molecule has 0 unspecified atom stereocenters. The van der Waals surface area contributed by atoms with Gasteiger partial charge in [-0.15, -0.1) is 0 Å². The summed E-state index contributed by atoms with van der Waals surface area (Å²) in [4.78, 5) is 15.8. The number of nitriles is 1. The second kappa shape index (κ2) is 8.89. The van der Waals surface area contributed by atoms with Crippen LogP contribution in [-0.4, -0.2) is 79.1 Å². The molecule has 8 nitrogen and oxygen atoms in total. The third kappa shape index (κ3) is 4.57. The number of cyclic esters (lactones) is 1. The second-order valence-corrected chi connectivity index (χ2v) is 7.96. The van der Waals surface area contributed by atoms with Crippen LogP contribution in [0.3, 0.4) is 0 Å². The molecule has 0 aliphatic carbocycles. The quantitative estimate of drug-likeness (QED) is 0.774. The molecule has 3 aliphatic rings. The van der Waals surface area contributed by atoms with E-state index in [9.17, 15) is 9.90 Å². The van der Waals surface area contributed by atoms with E-state index >= 15 is 0 Å². The Labute approximate surface area is 170 Å². The van der Waals surface area contributed by atoms with Crippen LogP contribution in [0.5, 0.6) is 11.5 Å². The Balaban J connectivity index is 1.21. The normalized spacial score (nSPS) is 25.0. The summed E-state index contributed by atoms with van der Waals surface area (Å²) in [7, 11) is 0. The molecule has 0 spiro atoms. The lowest BCUT2D eigenvalue weighted by Gasteiger charge is -2.36. The van der Waals surface area contributed by atoms with Crippen LogP contribution in [0.4, 0.5) is 4.79 Å². The van der Waals surface area contributed by atoms with Crippen LogP contribution >= 0.6 is 0 Å². The zero-order chi connectivity index (χ0) is 20.2. The molecule has 2 saturated heterocycles. The highest BCUT2D eigenvalue weighted by molar-refractivity contribution is 5.70. The van der Waals surface area contributed by atoms with Gasteiger partial charge < -0.3 is 19.3 Å². The summed E-state index contributed by atoms with van der Waals surface area (Å²) in [6, 6.07) is 7.18. The van der Waals surface area contributed by atoms with Crippen molar-refractivity contribution in [3.63, 3.8) is 0 Å². The highest BCUT2D eigenvalue weighted by atomic mass is 16.6. The molecule has 0 aromatic heterocycles. The molecule has 2 atom stereocenters. The number of piperidine rings is 1. The first-order valence-corrected chi connectivity index (χ1v) is 10.3. The van der Waals surface area contributed by atoms with Crippen LogP contribution in [0, 0.1) is 17.2 Å². The van der Waals surface area contributed by atoms with Gasteiger partial charge in [-0.3, -0.25) is 9.80 Å². The number of fused-ring (bicyclic) bond motifs is 1. The monoisotopic (exact) mass is 401 g/mol. The highest BCUT2D eigenvalue weighted by Crippen LogP contribution is 2.33. The van der Waals surface area contributed by atoms with Crippen LogP contribution in [-0.2, 0) is 4.74 Å². The fourth-order valence-electron chi connectivity index (χ4n) is 4.26. The number of nitrogens with zero attached hydrogens (tertiary/aromatic N) is 3. The Bertz CT molecular complexity index is 772. The lowest BCUT2D eigenvalue weighted by atomic mass is 9.93. The Morgan fingerprint density at radius 3 is 2.76 bits per heavy atom. The van der Waals surface area contributed by atoms with Crippen LogP contribution in [0.1, 0.15) is 24.8 Å². The summed E-state index contributed by atoms with van der Waals surface area (Å²) in [6.45, 7) is 4.18. The van der Waals surface area contributed by atoms with E-state index in [-0.39, 0.29) is 31.5 Å². The summed E-state index contributed by atoms with van der Waals surface area (Å²) >= 11 is 0. The molecule has 3 heterocycles. The molecule has 0 bridgehead atoms. The second-order valence-electron chi connectivity index (χ2n) is 7.96. The molecule has 8 heteroatoms. The van der Waals surface area contributed by atoms with Gasteiger partial charge in [0.1, 0.15) is 19.3 Å². The molecular formula is C21H27N3O5. The number of amides is 1. The number of likely N-dealkylation sites (tertiary alicyclic amines) is 1. The van der Waals surface area contributed by atoms with E-state index < -0.39 is 0 Å². The molecule has 3 aliphatic heterocycles. The summed E-state index contributed by atoms with van der Waals surface area (Å²) in [6.07, 6.45) is 2.74. The van der Waals surface area contributed by atoms with Gasteiger partial charge >= 0.3 is 6.09 Å². The highest BCUT2D eigenvalue weighted by Gasteiger charge is 2.33. The predicted octanol–water partition coefficient (Wildman–Crippen LogP) is 1.61. The minimum Gasteiger partial charge on any atom is -0.486 e. The number of rotatable bonds is 6. The molecule has 0 radical (unpaired) electrons. The van der Waals surface area contributed by atoms with E-state index in [0.717, 1.165) is 38.9 Å². The lowest BCUT2D eigenvalue weighted by molar-refractivity contribution is 0.0464. The Kier molecular flexibility index (Phi) is 6.07. The van der Waals surface area contributed by atoms with Gasteiger partial charge in [-0.2, -0.15) is 5.26 Å². The van der Waals surface area contributed by atoms with Gasteiger partial charge in [0.2, 0.25) is 0 Å². The summed E-state index contributed by atoms with van der Waals surface area (Å²) in [5, 5.41) is 18.4. The zero-order valence-electron chi connectivity index (χ0n) is 16.5. The number of hydrogen-bond acceptors (Lipinski definition) is 7. The van der Waals surface area contributed by atoms with Crippen LogP contribution in [0.25, 0.3) is 0 Å². The van der Waals surface area contributed by atoms with Crippen LogP contribution < -0.4 is 9.47 Å². The fourth-order valence-corrected chi connectivity index (χ4v) is 4.26. The van der Waals surface area contributed by atoms with E-state index in [2.05, 4.69) is 11.0 Å². The van der Waals surface area contributed by atoms with Crippen LogP contribution in [0.15, 0.2) is 18.2 Å². The molecule has 4 rings (SSSR count). The first-order valence-electron chi connectivity index (χ1n) is 10.3. The van der Waals surface area contributed by atoms with Crippen molar-refractivity contribution in [3.05, 3.63) is 23.8 Å². The summed E-state index contributed by atoms with van der Waals surface area (Å²) < 4.78 is 16.9. The van der Waals surface area contributed by atoms with Gasteiger partial charge in [-0.05, 0) is 50.4 Å². The maximum atomic E-state index is 11.8. The first kappa shape index (κ1) is 19.8. The Hall–Kier alpha value is -2.50. The Morgan fingerprint density at radius 1 is 1.17 bits per heavy atom. The lowest BCUT2D eigenvalue weighted by Crippen LogP contribution is -2.44. The average molecular weight is 401 g/mol.